The van der Waals surface area contributed by atoms with Crippen molar-refractivity contribution in [2.24, 2.45) is 18.5 Å². The van der Waals surface area contributed by atoms with Gasteiger partial charge in [-0.15, -0.1) is 0 Å². The number of nitrogens with zero attached hydrogens (tertiary/aromatic N) is 3. The first-order chi connectivity index (χ1) is 16.4. The molecule has 3 unspecified atom stereocenters. The van der Waals surface area contributed by atoms with Crippen molar-refractivity contribution in [2.75, 3.05) is 7.11 Å². The first-order valence-electron chi connectivity index (χ1n) is 11.4. The van der Waals surface area contributed by atoms with E-state index in [2.05, 4.69) is 9.12 Å². The van der Waals surface area contributed by atoms with E-state index in [0.717, 1.165) is 12.7 Å². The average Bonchev–Trinajstić information content (AvgIpc) is 2.77. The van der Waals surface area contributed by atoms with E-state index in [1.165, 1.54) is 15.2 Å². The molecule has 2 rings (SSSR count). The number of pyridine rings is 2. The maximum atomic E-state index is 11.9. The summed E-state index contributed by atoms with van der Waals surface area (Å²) < 4.78 is 33.2. The van der Waals surface area contributed by atoms with E-state index in [0.29, 0.717) is 11.3 Å². The number of nitrogens with one attached hydrogen (secondary N) is 1. The Labute approximate surface area is 258 Å². The van der Waals surface area contributed by atoms with Crippen molar-refractivity contribution in [3.63, 3.8) is 0 Å². The topological polar surface area (TPSA) is 123 Å². The molecule has 2 aromatic heterocycles. The van der Waals surface area contributed by atoms with Crippen molar-refractivity contribution >= 4 is 36.1 Å². The second-order valence-corrected chi connectivity index (χ2v) is 13.9. The molecule has 2 heterocycles. The van der Waals surface area contributed by atoms with Gasteiger partial charge in [0, 0.05) is 65.7 Å². The van der Waals surface area contributed by atoms with E-state index >= 15 is 0 Å². The van der Waals surface area contributed by atoms with E-state index in [4.69, 9.17) is 5.11 Å². The van der Waals surface area contributed by atoms with Crippen LogP contribution in [0.5, 0.6) is 0 Å². The standard InChI is InChI=1S/C12H20N2O2S.C12H18N2O2S.CH4O.B.Na.H/c2*1-9(13-17(16)12(2,3)4)10-6-7-14(5)11(15)8-10;1-2;;;/h6-9,13H,1-5H3;6-8H,1-5H3;2H,1H3;;;/q;;;;+1;-1. The summed E-state index contributed by atoms with van der Waals surface area (Å²) >= 11 is 0. The summed E-state index contributed by atoms with van der Waals surface area (Å²) in [5.41, 5.74) is 2.03. The minimum atomic E-state index is -1.30. The Morgan fingerprint density at radius 2 is 1.39 bits per heavy atom. The fraction of sp³-hybridized carbons (Fsp3) is 0.560. The SMILES string of the molecule is CC(=NS(=O)C(C)(C)C)c1ccn(C)c(=O)c1.CC(NS(=O)C(C)(C)C)c1ccn(C)c(=O)c1.CO.[B].[H-].[Na+]. The Morgan fingerprint density at radius 3 is 1.79 bits per heavy atom. The van der Waals surface area contributed by atoms with Gasteiger partial charge in [-0.25, -0.2) is 13.1 Å². The van der Waals surface area contributed by atoms with Crippen LogP contribution < -0.4 is 45.4 Å². The van der Waals surface area contributed by atoms with Crippen LogP contribution in [0.3, 0.4) is 0 Å². The second kappa shape index (κ2) is 18.2. The third-order valence-electron chi connectivity index (χ3n) is 4.73. The van der Waals surface area contributed by atoms with E-state index in [9.17, 15) is 18.0 Å². The molecule has 0 saturated carbocycles. The smallest absolute Gasteiger partial charge is 1.00 e. The van der Waals surface area contributed by atoms with Crippen LogP contribution in [-0.2, 0) is 36.1 Å². The molecule has 0 fully saturated rings. The van der Waals surface area contributed by atoms with E-state index in [1.807, 2.05) is 54.5 Å². The van der Waals surface area contributed by atoms with Crippen LogP contribution in [-0.4, -0.2) is 53.4 Å². The Hall–Kier alpha value is -1.15. The fourth-order valence-electron chi connectivity index (χ4n) is 2.33. The molecule has 209 valence electrons. The average molecular weight is 578 g/mol. The molecule has 0 aliphatic heterocycles. The molecule has 3 radical (unpaired) electrons. The Kier molecular flexibility index (Phi) is 19.9. The fourth-order valence-corrected chi connectivity index (χ4v) is 3.76. The van der Waals surface area contributed by atoms with Crippen LogP contribution in [0.15, 0.2) is 50.6 Å². The second-order valence-electron chi connectivity index (χ2n) is 10.0. The summed E-state index contributed by atoms with van der Waals surface area (Å²) in [5, 5.41) is 7.00. The number of aromatic nitrogens is 2. The molecule has 0 aliphatic carbocycles. The maximum absolute atomic E-state index is 11.9. The minimum absolute atomic E-state index is 0. The largest absolute Gasteiger partial charge is 1.00 e. The van der Waals surface area contributed by atoms with Crippen LogP contribution in [0.25, 0.3) is 0 Å². The molecule has 38 heavy (non-hydrogen) atoms. The molecule has 2 N–H and O–H groups in total. The van der Waals surface area contributed by atoms with Gasteiger partial charge in [0.25, 0.3) is 11.1 Å². The molecule has 0 spiro atoms. The molecule has 0 aromatic carbocycles. The molecule has 3 atom stereocenters. The molecule has 2 aromatic rings. The number of rotatable bonds is 5. The van der Waals surface area contributed by atoms with Gasteiger partial charge in [0.1, 0.15) is 11.0 Å². The van der Waals surface area contributed by atoms with Crippen molar-refractivity contribution in [3.05, 3.63) is 68.5 Å². The van der Waals surface area contributed by atoms with Gasteiger partial charge in [-0.2, -0.15) is 4.40 Å². The van der Waals surface area contributed by atoms with Crippen molar-refractivity contribution < 1.29 is 44.5 Å². The Balaban J connectivity index is -0.000000275. The molecular formula is C25H43BN4NaO5S2. The van der Waals surface area contributed by atoms with E-state index in [1.54, 1.807) is 45.5 Å². The van der Waals surface area contributed by atoms with Gasteiger partial charge in [0.2, 0.25) is 0 Å². The van der Waals surface area contributed by atoms with Gasteiger partial charge >= 0.3 is 29.6 Å². The minimum Gasteiger partial charge on any atom is -1.00 e. The van der Waals surface area contributed by atoms with Gasteiger partial charge < -0.3 is 15.7 Å². The molecule has 0 amide bonds. The van der Waals surface area contributed by atoms with Gasteiger partial charge in [0.15, 0.2) is 0 Å². The summed E-state index contributed by atoms with van der Waals surface area (Å²) in [6, 6.07) is 6.61. The maximum Gasteiger partial charge on any atom is 1.00 e. The first kappa shape index (κ1) is 41.3. The quantitative estimate of drug-likeness (QED) is 0.367. The summed E-state index contributed by atoms with van der Waals surface area (Å²) in [4.78, 5) is 22.9. The number of hydrogen-bond donors (Lipinski definition) is 2. The Morgan fingerprint density at radius 1 is 0.947 bits per heavy atom. The van der Waals surface area contributed by atoms with E-state index < -0.39 is 22.0 Å². The summed E-state index contributed by atoms with van der Waals surface area (Å²) in [5.74, 6) is 0. The number of aliphatic hydroxyl groups is 1. The first-order valence-corrected chi connectivity index (χ1v) is 13.6. The van der Waals surface area contributed by atoms with Crippen LogP contribution in [0, 0.1) is 0 Å². The van der Waals surface area contributed by atoms with Gasteiger partial charge in [-0.05, 0) is 73.1 Å². The van der Waals surface area contributed by atoms with Crippen LogP contribution in [0.2, 0.25) is 0 Å². The van der Waals surface area contributed by atoms with Gasteiger partial charge in [0.05, 0.1) is 26.2 Å². The third-order valence-corrected chi connectivity index (χ3v) is 7.90. The normalized spacial score (nSPS) is 13.7. The van der Waals surface area contributed by atoms with Crippen LogP contribution in [0.4, 0.5) is 0 Å². The zero-order valence-corrected chi connectivity index (χ0v) is 28.5. The Bertz CT molecular complexity index is 1210. The van der Waals surface area contributed by atoms with Crippen LogP contribution in [0.1, 0.15) is 74.0 Å². The number of aryl methyl sites for hydroxylation is 2. The van der Waals surface area contributed by atoms with Crippen LogP contribution >= 0.6 is 0 Å². The molecule has 13 heteroatoms. The number of aliphatic hydroxyl groups excluding tert-OH is 1. The molecule has 0 bridgehead atoms. The third kappa shape index (κ3) is 14.3. The molecule has 0 saturated heterocycles. The number of hydrogen-bond acceptors (Lipinski definition) is 5. The zero-order chi connectivity index (χ0) is 28.4. The predicted molar refractivity (Wildman–Crippen MR) is 158 cm³/mol. The van der Waals surface area contributed by atoms with Crippen molar-refractivity contribution in [1.82, 2.24) is 13.9 Å². The molecular weight excluding hydrogens is 534 g/mol. The molecule has 0 aliphatic rings. The van der Waals surface area contributed by atoms with Gasteiger partial charge in [-0.1, -0.05) is 0 Å². The molecule has 9 nitrogen and oxygen atoms in total. The van der Waals surface area contributed by atoms with E-state index in [-0.39, 0.29) is 66.1 Å². The monoisotopic (exact) mass is 577 g/mol. The van der Waals surface area contributed by atoms with Crippen molar-refractivity contribution in [3.8, 4) is 0 Å². The summed E-state index contributed by atoms with van der Waals surface area (Å²) in [7, 11) is 1.95. The van der Waals surface area contributed by atoms with Gasteiger partial charge in [-0.3, -0.25) is 9.59 Å². The van der Waals surface area contributed by atoms with Crippen molar-refractivity contribution in [2.45, 2.75) is 70.9 Å². The summed E-state index contributed by atoms with van der Waals surface area (Å²) in [6.45, 7) is 15.0. The predicted octanol–water partition coefficient (Wildman–Crippen LogP) is -0.501. The zero-order valence-electron chi connectivity index (χ0n) is 25.9. The van der Waals surface area contributed by atoms with Crippen molar-refractivity contribution in [1.29, 1.82) is 0 Å². The summed E-state index contributed by atoms with van der Waals surface area (Å²) in [6.07, 6.45) is 3.40.